The lowest BCUT2D eigenvalue weighted by Crippen LogP contribution is -2.06. The molecule has 0 radical (unpaired) electrons. The van der Waals surface area contributed by atoms with E-state index < -0.39 is 0 Å². The lowest BCUT2D eigenvalue weighted by atomic mass is 9.98. The Kier molecular flexibility index (Phi) is 5.75. The second-order valence-electron chi connectivity index (χ2n) is 6.37. The number of benzene rings is 1. The highest BCUT2D eigenvalue weighted by Crippen LogP contribution is 2.34. The van der Waals surface area contributed by atoms with E-state index in [1.165, 1.54) is 35.9 Å². The van der Waals surface area contributed by atoms with Crippen LogP contribution in [0.1, 0.15) is 46.6 Å². The first-order valence-corrected chi connectivity index (χ1v) is 9.53. The SMILES string of the molecule is Cn1c(/C(=C/C(=O)c2ccccc2)SC(=N)CC#N)cc2c1CCCC2. The number of carbonyl (C=O) groups excluding carboxylic acids is 1. The van der Waals surface area contributed by atoms with Crippen LogP contribution in [0.5, 0.6) is 0 Å². The van der Waals surface area contributed by atoms with Gasteiger partial charge in [0.25, 0.3) is 0 Å². The van der Waals surface area contributed by atoms with Crippen molar-refractivity contribution in [3.63, 3.8) is 0 Å². The minimum absolute atomic E-state index is 0.0473. The number of nitrogens with one attached hydrogen (secondary N) is 1. The van der Waals surface area contributed by atoms with E-state index >= 15 is 0 Å². The summed E-state index contributed by atoms with van der Waals surface area (Å²) in [5.41, 5.74) is 4.22. The zero-order chi connectivity index (χ0) is 18.5. The van der Waals surface area contributed by atoms with Crippen LogP contribution >= 0.6 is 11.8 Å². The normalized spacial score (nSPS) is 13.8. The number of fused-ring (bicyclic) bond motifs is 1. The van der Waals surface area contributed by atoms with Crippen molar-refractivity contribution in [1.82, 2.24) is 4.57 Å². The number of allylic oxidation sites excluding steroid dienone is 1. The first-order chi connectivity index (χ1) is 12.6. The first kappa shape index (κ1) is 18.2. The molecule has 132 valence electrons. The van der Waals surface area contributed by atoms with Gasteiger partial charge in [-0.05, 0) is 37.3 Å². The zero-order valence-electron chi connectivity index (χ0n) is 14.8. The van der Waals surface area contributed by atoms with Crippen LogP contribution < -0.4 is 0 Å². The second-order valence-corrected chi connectivity index (χ2v) is 7.50. The zero-order valence-corrected chi connectivity index (χ0v) is 15.6. The average molecular weight is 363 g/mol. The van der Waals surface area contributed by atoms with Crippen molar-refractivity contribution in [2.24, 2.45) is 7.05 Å². The lowest BCUT2D eigenvalue weighted by molar-refractivity contribution is 0.104. The van der Waals surface area contributed by atoms with Gasteiger partial charge in [0.05, 0.1) is 23.2 Å². The Labute approximate surface area is 158 Å². The Morgan fingerprint density at radius 1 is 1.31 bits per heavy atom. The highest BCUT2D eigenvalue weighted by molar-refractivity contribution is 8.21. The van der Waals surface area contributed by atoms with E-state index in [0.717, 1.165) is 23.4 Å². The van der Waals surface area contributed by atoms with Crippen LogP contribution in [-0.4, -0.2) is 15.4 Å². The molecule has 0 fully saturated rings. The van der Waals surface area contributed by atoms with Gasteiger partial charge >= 0.3 is 0 Å². The molecule has 1 N–H and O–H groups in total. The van der Waals surface area contributed by atoms with Crippen molar-refractivity contribution in [1.29, 1.82) is 10.7 Å². The second kappa shape index (κ2) is 8.20. The van der Waals surface area contributed by atoms with Gasteiger partial charge in [-0.25, -0.2) is 0 Å². The largest absolute Gasteiger partial charge is 0.347 e. The molecule has 26 heavy (non-hydrogen) atoms. The third kappa shape index (κ3) is 3.97. The Morgan fingerprint density at radius 2 is 2.04 bits per heavy atom. The summed E-state index contributed by atoms with van der Waals surface area (Å²) in [6.45, 7) is 0. The van der Waals surface area contributed by atoms with E-state index in [9.17, 15) is 4.79 Å². The molecule has 0 spiro atoms. The molecule has 0 saturated heterocycles. The Morgan fingerprint density at radius 3 is 2.73 bits per heavy atom. The number of nitriles is 1. The lowest BCUT2D eigenvalue weighted by Gasteiger charge is -2.14. The van der Waals surface area contributed by atoms with Crippen LogP contribution in [0.2, 0.25) is 0 Å². The maximum Gasteiger partial charge on any atom is 0.187 e. The molecule has 4 nitrogen and oxygen atoms in total. The van der Waals surface area contributed by atoms with Gasteiger partial charge in [-0.2, -0.15) is 5.26 Å². The summed E-state index contributed by atoms with van der Waals surface area (Å²) in [5, 5.41) is 17.1. The third-order valence-electron chi connectivity index (χ3n) is 4.60. The molecule has 1 aliphatic rings. The van der Waals surface area contributed by atoms with E-state index in [4.69, 9.17) is 10.7 Å². The van der Waals surface area contributed by atoms with Crippen LogP contribution in [0.4, 0.5) is 0 Å². The molecule has 1 aromatic carbocycles. The number of rotatable bonds is 5. The topological polar surface area (TPSA) is 69.6 Å². The standard InChI is InChI=1S/C21H21N3OS/c1-24-17-10-6-5-9-16(17)13-18(24)20(26-21(23)11-12-22)14-19(25)15-7-3-2-4-8-15/h2-4,7-8,13-14,23H,5-6,9-11H2,1H3/b20-14-,23-21?. The van der Waals surface area contributed by atoms with E-state index in [-0.39, 0.29) is 17.2 Å². The van der Waals surface area contributed by atoms with Crippen LogP contribution in [0.15, 0.2) is 42.5 Å². The van der Waals surface area contributed by atoms with Crippen molar-refractivity contribution in [2.45, 2.75) is 32.1 Å². The molecule has 0 aliphatic heterocycles. The van der Waals surface area contributed by atoms with Crippen LogP contribution in [0.3, 0.4) is 0 Å². The van der Waals surface area contributed by atoms with Crippen molar-refractivity contribution in [3.8, 4) is 6.07 Å². The van der Waals surface area contributed by atoms with Crippen LogP contribution in [-0.2, 0) is 19.9 Å². The van der Waals surface area contributed by atoms with E-state index in [1.54, 1.807) is 18.2 Å². The average Bonchev–Trinajstić information content (AvgIpc) is 2.99. The molecule has 0 bridgehead atoms. The predicted octanol–water partition coefficient (Wildman–Crippen LogP) is 4.75. The molecule has 0 atom stereocenters. The fraction of sp³-hybridized carbons (Fsp3) is 0.286. The molecule has 3 rings (SSSR count). The Balaban J connectivity index is 2.00. The number of thioether (sulfide) groups is 1. The molecular formula is C21H21N3OS. The Bertz CT molecular complexity index is 903. The molecular weight excluding hydrogens is 342 g/mol. The first-order valence-electron chi connectivity index (χ1n) is 8.71. The number of hydrogen-bond acceptors (Lipinski definition) is 4. The smallest absolute Gasteiger partial charge is 0.187 e. The molecule has 1 heterocycles. The number of aromatic nitrogens is 1. The van der Waals surface area contributed by atoms with Gasteiger partial charge in [0, 0.05) is 29.3 Å². The van der Waals surface area contributed by atoms with Crippen molar-refractivity contribution < 1.29 is 4.79 Å². The number of carbonyl (C=O) groups is 1. The maximum atomic E-state index is 12.7. The summed E-state index contributed by atoms with van der Waals surface area (Å²) in [5.74, 6) is -0.0861. The van der Waals surface area contributed by atoms with Gasteiger partial charge in [-0.3, -0.25) is 10.2 Å². The van der Waals surface area contributed by atoms with Gasteiger partial charge in [0.2, 0.25) is 0 Å². The van der Waals surface area contributed by atoms with Gasteiger partial charge < -0.3 is 4.57 Å². The third-order valence-corrected chi connectivity index (χ3v) is 5.54. The van der Waals surface area contributed by atoms with Crippen LogP contribution in [0, 0.1) is 16.7 Å². The van der Waals surface area contributed by atoms with E-state index in [1.807, 2.05) is 31.3 Å². The summed E-state index contributed by atoms with van der Waals surface area (Å²) < 4.78 is 2.14. The molecule has 1 aromatic heterocycles. The summed E-state index contributed by atoms with van der Waals surface area (Å²) >= 11 is 1.20. The number of ketones is 1. The number of nitrogens with zero attached hydrogens (tertiary/aromatic N) is 2. The van der Waals surface area contributed by atoms with Crippen molar-refractivity contribution >= 4 is 27.5 Å². The summed E-state index contributed by atoms with van der Waals surface area (Å²) in [4.78, 5) is 13.4. The summed E-state index contributed by atoms with van der Waals surface area (Å²) in [6, 6.07) is 13.3. The molecule has 5 heteroatoms. The predicted molar refractivity (Wildman–Crippen MR) is 106 cm³/mol. The highest BCUT2D eigenvalue weighted by atomic mass is 32.2. The minimum atomic E-state index is -0.0861. The fourth-order valence-corrected chi connectivity index (χ4v) is 4.16. The summed E-state index contributed by atoms with van der Waals surface area (Å²) in [6.07, 6.45) is 6.13. The van der Waals surface area contributed by atoms with Gasteiger partial charge in [0.15, 0.2) is 5.78 Å². The molecule has 1 aliphatic carbocycles. The van der Waals surface area contributed by atoms with Gasteiger partial charge in [-0.1, -0.05) is 42.1 Å². The minimum Gasteiger partial charge on any atom is -0.347 e. The maximum absolute atomic E-state index is 12.7. The van der Waals surface area contributed by atoms with Gasteiger partial charge in [-0.15, -0.1) is 0 Å². The van der Waals surface area contributed by atoms with Crippen molar-refractivity contribution in [2.75, 3.05) is 0 Å². The number of aryl methyl sites for hydroxylation is 1. The quantitative estimate of drug-likeness (QED) is 0.361. The fourth-order valence-electron chi connectivity index (χ4n) is 3.30. The van der Waals surface area contributed by atoms with E-state index in [0.29, 0.717) is 5.56 Å². The highest BCUT2D eigenvalue weighted by Gasteiger charge is 2.20. The Hall–Kier alpha value is -2.58. The number of hydrogen-bond donors (Lipinski definition) is 1. The molecule has 2 aromatic rings. The summed E-state index contributed by atoms with van der Waals surface area (Å²) in [7, 11) is 2.02. The molecule has 0 amide bonds. The van der Waals surface area contributed by atoms with Gasteiger partial charge in [0.1, 0.15) is 0 Å². The molecule has 0 unspecified atom stereocenters. The molecule has 0 saturated carbocycles. The van der Waals surface area contributed by atoms with E-state index in [2.05, 4.69) is 10.6 Å². The monoisotopic (exact) mass is 363 g/mol. The van der Waals surface area contributed by atoms with Crippen molar-refractivity contribution in [3.05, 3.63) is 65.0 Å². The van der Waals surface area contributed by atoms with Crippen LogP contribution in [0.25, 0.3) is 4.91 Å².